The molecule has 32 heavy (non-hydrogen) atoms. The molecule has 1 aliphatic heterocycles. The zero-order valence-electron chi connectivity index (χ0n) is 15.9. The molecule has 0 fully saturated rings. The molecule has 0 radical (unpaired) electrons. The predicted molar refractivity (Wildman–Crippen MR) is 126 cm³/mol. The number of rotatable bonds is 4. The Labute approximate surface area is 201 Å². The first-order chi connectivity index (χ1) is 15.2. The Morgan fingerprint density at radius 1 is 1.00 bits per heavy atom. The van der Waals surface area contributed by atoms with Crippen LogP contribution >= 0.6 is 46.4 Å². The molecule has 0 bridgehead atoms. The number of H-pyrrole nitrogens is 1. The number of hydrogen-bond acceptors (Lipinski definition) is 5. The molecule has 3 aromatic rings. The lowest BCUT2D eigenvalue weighted by atomic mass is 9.92. The van der Waals surface area contributed by atoms with Gasteiger partial charge < -0.3 is 16.0 Å². The number of hydrogen-bond donors (Lipinski definition) is 4. The lowest BCUT2D eigenvalue weighted by molar-refractivity contribution is -0.123. The number of nitrogens with zero attached hydrogens (tertiary/aromatic N) is 1. The molecule has 0 spiro atoms. The van der Waals surface area contributed by atoms with E-state index in [1.165, 1.54) is 12.1 Å². The van der Waals surface area contributed by atoms with E-state index in [0.717, 1.165) is 0 Å². The van der Waals surface area contributed by atoms with Gasteiger partial charge in [0.2, 0.25) is 17.8 Å². The Balaban J connectivity index is 1.65. The van der Waals surface area contributed by atoms with E-state index in [1.807, 2.05) is 0 Å². The summed E-state index contributed by atoms with van der Waals surface area (Å²) in [6, 6.07) is 9.26. The summed E-state index contributed by atoms with van der Waals surface area (Å²) in [7, 11) is 0. The third-order valence-corrected chi connectivity index (χ3v) is 5.57. The summed E-state index contributed by atoms with van der Waals surface area (Å²) in [5.41, 5.74) is 0.211. The fourth-order valence-electron chi connectivity index (χ4n) is 3.23. The fourth-order valence-corrected chi connectivity index (χ4v) is 4.21. The number of amides is 2. The van der Waals surface area contributed by atoms with Crippen LogP contribution in [-0.4, -0.2) is 21.8 Å². The molecule has 12 heteroatoms. The van der Waals surface area contributed by atoms with Crippen molar-refractivity contribution in [3.8, 4) is 0 Å². The summed E-state index contributed by atoms with van der Waals surface area (Å²) in [5.74, 6) is -2.11. The third kappa shape index (κ3) is 4.83. The molecule has 4 N–H and O–H groups in total. The van der Waals surface area contributed by atoms with Crippen LogP contribution in [0.5, 0.6) is 0 Å². The number of anilines is 4. The van der Waals surface area contributed by atoms with Crippen molar-refractivity contribution in [2.24, 2.45) is 0 Å². The Morgan fingerprint density at radius 3 is 2.41 bits per heavy atom. The van der Waals surface area contributed by atoms with Crippen LogP contribution in [0.25, 0.3) is 0 Å². The van der Waals surface area contributed by atoms with Crippen LogP contribution in [0, 0.1) is 0 Å². The molecule has 164 valence electrons. The first kappa shape index (κ1) is 22.4. The van der Waals surface area contributed by atoms with E-state index >= 15 is 0 Å². The first-order valence-electron chi connectivity index (χ1n) is 9.12. The molecular formula is C20H13Cl4N5O3. The number of aromatic nitrogens is 2. The molecule has 2 aromatic carbocycles. The topological polar surface area (TPSA) is 116 Å². The van der Waals surface area contributed by atoms with Crippen molar-refractivity contribution < 1.29 is 9.59 Å². The SMILES string of the molecule is O=C1C[C@H](C(=O)Nc2ccc(Cl)cc2Cl)c2c(nc(Nc3cc(Cl)cc(Cl)c3)[nH]c2=O)N1. The minimum atomic E-state index is -1.07. The highest BCUT2D eigenvalue weighted by atomic mass is 35.5. The van der Waals surface area contributed by atoms with Crippen molar-refractivity contribution in [3.63, 3.8) is 0 Å². The van der Waals surface area contributed by atoms with Gasteiger partial charge in [-0.25, -0.2) is 0 Å². The van der Waals surface area contributed by atoms with E-state index in [-0.39, 0.29) is 28.8 Å². The van der Waals surface area contributed by atoms with E-state index in [1.54, 1.807) is 24.3 Å². The highest BCUT2D eigenvalue weighted by molar-refractivity contribution is 6.37. The van der Waals surface area contributed by atoms with Crippen molar-refractivity contribution in [2.45, 2.75) is 12.3 Å². The number of aromatic amines is 1. The van der Waals surface area contributed by atoms with Crippen molar-refractivity contribution in [1.82, 2.24) is 9.97 Å². The first-order valence-corrected chi connectivity index (χ1v) is 10.6. The van der Waals surface area contributed by atoms with Gasteiger partial charge in [-0.15, -0.1) is 0 Å². The van der Waals surface area contributed by atoms with Crippen LogP contribution < -0.4 is 21.5 Å². The second-order valence-electron chi connectivity index (χ2n) is 6.88. The predicted octanol–water partition coefficient (Wildman–Crippen LogP) is 5.19. The molecule has 1 atom stereocenters. The maximum absolute atomic E-state index is 12.9. The Bertz CT molecular complexity index is 1290. The molecule has 2 amide bonds. The van der Waals surface area contributed by atoms with Gasteiger partial charge in [0.1, 0.15) is 5.82 Å². The van der Waals surface area contributed by atoms with E-state index in [2.05, 4.69) is 25.9 Å². The molecule has 8 nitrogen and oxygen atoms in total. The molecule has 0 unspecified atom stereocenters. The third-order valence-electron chi connectivity index (χ3n) is 4.58. The molecular weight excluding hydrogens is 500 g/mol. The van der Waals surface area contributed by atoms with Crippen LogP contribution in [0.1, 0.15) is 17.9 Å². The normalized spacial score (nSPS) is 15.0. The maximum Gasteiger partial charge on any atom is 0.258 e. The van der Waals surface area contributed by atoms with Gasteiger partial charge in [0.25, 0.3) is 5.56 Å². The van der Waals surface area contributed by atoms with Crippen molar-refractivity contribution in [3.05, 3.63) is 72.4 Å². The highest BCUT2D eigenvalue weighted by Gasteiger charge is 2.35. The van der Waals surface area contributed by atoms with E-state index < -0.39 is 23.3 Å². The number of carbonyl (C=O) groups excluding carboxylic acids is 2. The minimum absolute atomic E-state index is 0.0250. The van der Waals surface area contributed by atoms with Crippen LogP contribution in [0.2, 0.25) is 20.1 Å². The molecule has 2 heterocycles. The summed E-state index contributed by atoms with van der Waals surface area (Å²) in [6.45, 7) is 0. The quantitative estimate of drug-likeness (QED) is 0.383. The van der Waals surface area contributed by atoms with Crippen LogP contribution in [0.4, 0.5) is 23.1 Å². The van der Waals surface area contributed by atoms with Crippen LogP contribution in [-0.2, 0) is 9.59 Å². The lowest BCUT2D eigenvalue weighted by Crippen LogP contribution is -2.36. The average Bonchev–Trinajstić information content (AvgIpc) is 2.68. The van der Waals surface area contributed by atoms with Crippen molar-refractivity contribution >= 4 is 81.4 Å². The fraction of sp³-hybridized carbons (Fsp3) is 0.100. The monoisotopic (exact) mass is 511 g/mol. The highest BCUT2D eigenvalue weighted by Crippen LogP contribution is 2.32. The Morgan fingerprint density at radius 2 is 1.72 bits per heavy atom. The standard InChI is InChI=1S/C20H13Cl4N5O3/c21-8-1-2-14(13(24)6-8)26-18(31)12-7-15(30)27-17-16(12)19(32)29-20(28-17)25-11-4-9(22)3-10(23)5-11/h1-6,12H,7H2,(H,26,31)(H3,25,27,28,29,30,32)/t12-/m0/s1. The van der Waals surface area contributed by atoms with Crippen molar-refractivity contribution in [1.29, 1.82) is 0 Å². The number of fused-ring (bicyclic) bond motifs is 1. The smallest absolute Gasteiger partial charge is 0.258 e. The van der Waals surface area contributed by atoms with E-state index in [9.17, 15) is 14.4 Å². The van der Waals surface area contributed by atoms with Gasteiger partial charge in [-0.2, -0.15) is 4.98 Å². The lowest BCUT2D eigenvalue weighted by Gasteiger charge is -2.24. The number of benzene rings is 2. The number of halogens is 4. The molecule has 0 saturated carbocycles. The van der Waals surface area contributed by atoms with Crippen LogP contribution in [0.3, 0.4) is 0 Å². The molecule has 4 rings (SSSR count). The van der Waals surface area contributed by atoms with E-state index in [0.29, 0.717) is 26.4 Å². The average molecular weight is 513 g/mol. The summed E-state index contributed by atoms with van der Waals surface area (Å²) >= 11 is 24.0. The second-order valence-corrected chi connectivity index (χ2v) is 8.59. The summed E-state index contributed by atoms with van der Waals surface area (Å²) in [6.07, 6.45) is -0.231. The zero-order valence-corrected chi connectivity index (χ0v) is 19.0. The summed E-state index contributed by atoms with van der Waals surface area (Å²) < 4.78 is 0. The summed E-state index contributed by atoms with van der Waals surface area (Å²) in [5, 5.41) is 9.41. The molecule has 1 aromatic heterocycles. The molecule has 0 aliphatic carbocycles. The van der Waals surface area contributed by atoms with Gasteiger partial charge in [-0.1, -0.05) is 46.4 Å². The zero-order chi connectivity index (χ0) is 23.0. The largest absolute Gasteiger partial charge is 0.326 e. The Hall–Kier alpha value is -2.78. The number of carbonyl (C=O) groups is 2. The van der Waals surface area contributed by atoms with Crippen molar-refractivity contribution in [2.75, 3.05) is 16.0 Å². The number of nitrogens with one attached hydrogen (secondary N) is 4. The van der Waals surface area contributed by atoms with E-state index in [4.69, 9.17) is 46.4 Å². The van der Waals surface area contributed by atoms with Gasteiger partial charge in [0.05, 0.1) is 22.2 Å². The van der Waals surface area contributed by atoms with Gasteiger partial charge in [-0.3, -0.25) is 19.4 Å². The van der Waals surface area contributed by atoms with Gasteiger partial charge in [-0.05, 0) is 36.4 Å². The maximum atomic E-state index is 12.9. The second kappa shape index (κ2) is 8.99. The minimum Gasteiger partial charge on any atom is -0.326 e. The summed E-state index contributed by atoms with van der Waals surface area (Å²) in [4.78, 5) is 44.8. The molecule has 0 saturated heterocycles. The van der Waals surface area contributed by atoms with Gasteiger partial charge in [0, 0.05) is 27.2 Å². The van der Waals surface area contributed by atoms with Gasteiger partial charge >= 0.3 is 0 Å². The van der Waals surface area contributed by atoms with Crippen LogP contribution in [0.15, 0.2) is 41.2 Å². The Kier molecular flexibility index (Phi) is 6.30. The molecule has 1 aliphatic rings. The van der Waals surface area contributed by atoms with Gasteiger partial charge in [0.15, 0.2) is 0 Å².